The topological polar surface area (TPSA) is 136 Å². The monoisotopic (exact) mass is 490 g/mol. The molecule has 0 saturated heterocycles. The van der Waals surface area contributed by atoms with E-state index in [1.54, 1.807) is 26.0 Å². The number of imidazole rings is 1. The van der Waals surface area contributed by atoms with Crippen LogP contribution in [0.3, 0.4) is 0 Å². The minimum atomic E-state index is -1.50. The van der Waals surface area contributed by atoms with Crippen molar-refractivity contribution in [3.8, 4) is 5.75 Å². The Morgan fingerprint density at radius 1 is 1.32 bits per heavy atom. The normalized spacial score (nSPS) is 19.6. The zero-order valence-corrected chi connectivity index (χ0v) is 19.4. The summed E-state index contributed by atoms with van der Waals surface area (Å²) in [5, 5.41) is 3.08. The number of halogens is 1. The number of nitrogens with zero attached hydrogens (tertiary/aromatic N) is 4. The van der Waals surface area contributed by atoms with E-state index in [1.807, 2.05) is 18.2 Å². The largest absolute Gasteiger partial charge is 0.465 e. The lowest BCUT2D eigenvalue weighted by Gasteiger charge is -2.24. The van der Waals surface area contributed by atoms with Crippen LogP contribution < -0.4 is 15.3 Å². The molecule has 0 spiro atoms. The highest BCUT2D eigenvalue weighted by Gasteiger charge is 2.32. The maximum atomic E-state index is 14.7. The Morgan fingerprint density at radius 3 is 2.88 bits per heavy atom. The predicted molar refractivity (Wildman–Crippen MR) is 122 cm³/mol. The number of esters is 1. The molecule has 2 aromatic heterocycles. The number of carbonyl (C=O) groups excluding carboxylic acids is 1. The van der Waals surface area contributed by atoms with Crippen molar-refractivity contribution in [2.24, 2.45) is 0 Å². The molecule has 1 unspecified atom stereocenters. The lowest BCUT2D eigenvalue weighted by Crippen LogP contribution is -2.34. The van der Waals surface area contributed by atoms with Crippen LogP contribution >= 0.6 is 8.30 Å². The number of hydrogen-bond acceptors (Lipinski definition) is 10. The first-order chi connectivity index (χ1) is 16.5. The predicted octanol–water partition coefficient (Wildman–Crippen LogP) is 3.02. The van der Waals surface area contributed by atoms with Crippen LogP contribution in [0, 0.1) is 0 Å². The van der Waals surface area contributed by atoms with Crippen molar-refractivity contribution in [1.82, 2.24) is 24.6 Å². The summed E-state index contributed by atoms with van der Waals surface area (Å²) in [6, 6.07) is 8.45. The van der Waals surface area contributed by atoms with Crippen molar-refractivity contribution < 1.29 is 27.9 Å². The van der Waals surface area contributed by atoms with E-state index in [0.717, 1.165) is 0 Å². The number of anilines is 1. The Bertz CT molecular complexity index is 1160. The molecule has 3 heterocycles. The minimum Gasteiger partial charge on any atom is -0.465 e. The van der Waals surface area contributed by atoms with E-state index in [-0.39, 0.29) is 18.8 Å². The van der Waals surface area contributed by atoms with Crippen LogP contribution in [0.4, 0.5) is 10.2 Å². The highest BCUT2D eigenvalue weighted by molar-refractivity contribution is 7.50. The molecule has 4 atom stereocenters. The summed E-state index contributed by atoms with van der Waals surface area (Å²) in [4.78, 5) is 24.2. The first kappa shape index (κ1) is 24.0. The Labute approximate surface area is 196 Å². The highest BCUT2D eigenvalue weighted by Crippen LogP contribution is 2.38. The Balaban J connectivity index is 1.42. The van der Waals surface area contributed by atoms with Crippen molar-refractivity contribution in [2.45, 2.75) is 32.4 Å². The summed E-state index contributed by atoms with van der Waals surface area (Å²) in [6.07, 6.45) is 1.76. The molecule has 0 aliphatic carbocycles. The van der Waals surface area contributed by atoms with Crippen LogP contribution in [0.1, 0.15) is 20.1 Å². The molecule has 34 heavy (non-hydrogen) atoms. The van der Waals surface area contributed by atoms with Gasteiger partial charge in [0.2, 0.25) is 0 Å². The number of aromatic nitrogens is 4. The number of benzene rings is 1. The van der Waals surface area contributed by atoms with Gasteiger partial charge in [-0.3, -0.25) is 9.36 Å². The molecule has 11 nitrogen and oxygen atoms in total. The van der Waals surface area contributed by atoms with Gasteiger partial charge in [0.05, 0.1) is 12.9 Å². The molecule has 0 saturated carbocycles. The zero-order chi connectivity index (χ0) is 24.1. The van der Waals surface area contributed by atoms with Gasteiger partial charge in [0.25, 0.3) is 0 Å². The molecule has 3 N–H and O–H groups in total. The second-order valence-electron chi connectivity index (χ2n) is 7.17. The third kappa shape index (κ3) is 5.48. The second-order valence-corrected chi connectivity index (χ2v) is 8.63. The molecule has 0 amide bonds. The van der Waals surface area contributed by atoms with E-state index >= 15 is 0 Å². The summed E-state index contributed by atoms with van der Waals surface area (Å²) in [7, 11) is -1.50. The van der Waals surface area contributed by atoms with Crippen LogP contribution in [0.25, 0.3) is 11.2 Å². The van der Waals surface area contributed by atoms with Gasteiger partial charge in [0, 0.05) is 6.08 Å². The highest BCUT2D eigenvalue weighted by atomic mass is 31.2. The molecule has 1 aliphatic heterocycles. The van der Waals surface area contributed by atoms with E-state index in [2.05, 4.69) is 20.0 Å². The third-order valence-corrected chi connectivity index (χ3v) is 6.22. The fourth-order valence-corrected chi connectivity index (χ4v) is 4.52. The Morgan fingerprint density at radius 2 is 2.12 bits per heavy atom. The van der Waals surface area contributed by atoms with Gasteiger partial charge in [-0.1, -0.05) is 18.2 Å². The van der Waals surface area contributed by atoms with Gasteiger partial charge in [-0.05, 0) is 26.0 Å². The Hall–Kier alpha value is -3.18. The summed E-state index contributed by atoms with van der Waals surface area (Å²) in [5.74, 6) is -0.204. The number of nitrogens with one attached hydrogen (secondary N) is 1. The average Bonchev–Trinajstić information content (AvgIpc) is 3.42. The third-order valence-electron chi connectivity index (χ3n) is 4.73. The van der Waals surface area contributed by atoms with E-state index in [0.29, 0.717) is 16.9 Å². The first-order valence-electron chi connectivity index (χ1n) is 10.5. The SMILES string of the molecule is CCOC(=O)[C@H](C)NP(CO[C@@H]1C=C(F)[C@H](n2cnc3c(N)ncnc32)O1)Oc1ccccc1. The van der Waals surface area contributed by atoms with Gasteiger partial charge in [-0.25, -0.2) is 24.4 Å². The first-order valence-corrected chi connectivity index (χ1v) is 11.9. The quantitative estimate of drug-likeness (QED) is 0.322. The summed E-state index contributed by atoms with van der Waals surface area (Å²) < 4.78 is 38.7. The zero-order valence-electron chi connectivity index (χ0n) is 18.5. The van der Waals surface area contributed by atoms with Crippen molar-refractivity contribution in [3.63, 3.8) is 0 Å². The number of rotatable bonds is 10. The van der Waals surface area contributed by atoms with Crippen LogP contribution in [0.5, 0.6) is 5.75 Å². The van der Waals surface area contributed by atoms with Gasteiger partial charge in [0.1, 0.15) is 30.0 Å². The molecular formula is C21H24FN6O5P. The number of hydrogen-bond donors (Lipinski definition) is 2. The van der Waals surface area contributed by atoms with Gasteiger partial charge in [0.15, 0.2) is 38.1 Å². The summed E-state index contributed by atoms with van der Waals surface area (Å²) in [6.45, 7) is 3.66. The maximum absolute atomic E-state index is 14.7. The molecule has 0 bridgehead atoms. The minimum absolute atomic E-state index is 0.00886. The molecular weight excluding hydrogens is 466 g/mol. The van der Waals surface area contributed by atoms with E-state index < -0.39 is 38.7 Å². The van der Waals surface area contributed by atoms with Crippen molar-refractivity contribution in [1.29, 1.82) is 0 Å². The van der Waals surface area contributed by atoms with Crippen LogP contribution in [0.15, 0.2) is 54.9 Å². The standard InChI is InChI=1S/C21H24FN6O5P/c1-3-30-21(29)13(2)27-34(33-14-7-5-4-6-8-14)12-31-16-9-15(22)20(32-16)28-11-26-17-18(23)24-10-25-19(17)28/h4-11,13,16,20,27H,3,12H2,1-2H3,(H2,23,24,25)/t13-,16-,20+,34?/m0/s1. The lowest BCUT2D eigenvalue weighted by atomic mass is 10.3. The maximum Gasteiger partial charge on any atom is 0.323 e. The molecule has 1 aliphatic rings. The van der Waals surface area contributed by atoms with Crippen LogP contribution in [0.2, 0.25) is 0 Å². The van der Waals surface area contributed by atoms with E-state index in [9.17, 15) is 9.18 Å². The van der Waals surface area contributed by atoms with Gasteiger partial charge >= 0.3 is 5.97 Å². The number of nitrogen functional groups attached to an aromatic ring is 1. The average molecular weight is 490 g/mol. The Kier molecular flexibility index (Phi) is 7.63. The molecule has 180 valence electrons. The number of nitrogens with two attached hydrogens (primary N) is 1. The van der Waals surface area contributed by atoms with Gasteiger partial charge < -0.3 is 24.5 Å². The molecule has 13 heteroatoms. The smallest absolute Gasteiger partial charge is 0.323 e. The number of ether oxygens (including phenoxy) is 3. The van der Waals surface area contributed by atoms with Crippen molar-refractivity contribution in [2.75, 3.05) is 18.7 Å². The van der Waals surface area contributed by atoms with E-state index in [4.69, 9.17) is 24.5 Å². The molecule has 0 fully saturated rings. The lowest BCUT2D eigenvalue weighted by molar-refractivity contribution is -0.144. The van der Waals surface area contributed by atoms with Crippen molar-refractivity contribution >= 4 is 31.3 Å². The van der Waals surface area contributed by atoms with Crippen molar-refractivity contribution in [3.05, 3.63) is 54.9 Å². The second kappa shape index (κ2) is 10.8. The molecule has 0 radical (unpaired) electrons. The van der Waals surface area contributed by atoms with Gasteiger partial charge in [-0.15, -0.1) is 0 Å². The van der Waals surface area contributed by atoms with Crippen LogP contribution in [-0.4, -0.2) is 50.8 Å². The molecule has 4 rings (SSSR count). The fraction of sp³-hybridized carbons (Fsp3) is 0.333. The molecule has 3 aromatic rings. The molecule has 1 aromatic carbocycles. The number of fused-ring (bicyclic) bond motifs is 1. The number of para-hydroxylation sites is 1. The fourth-order valence-electron chi connectivity index (χ4n) is 3.15. The van der Waals surface area contributed by atoms with Gasteiger partial charge in [-0.2, -0.15) is 0 Å². The number of carbonyl (C=O) groups is 1. The van der Waals surface area contributed by atoms with E-state index in [1.165, 1.54) is 23.3 Å². The van der Waals surface area contributed by atoms with Crippen LogP contribution in [-0.2, 0) is 19.0 Å². The summed E-state index contributed by atoms with van der Waals surface area (Å²) >= 11 is 0. The summed E-state index contributed by atoms with van der Waals surface area (Å²) in [5.41, 5.74) is 6.48.